The van der Waals surface area contributed by atoms with Crippen molar-refractivity contribution in [3.8, 4) is 17.2 Å². The molecule has 0 spiro atoms. The molecule has 5 aromatic rings. The van der Waals surface area contributed by atoms with Crippen molar-refractivity contribution in [1.29, 1.82) is 0 Å². The van der Waals surface area contributed by atoms with E-state index in [1.807, 2.05) is 38.1 Å². The number of rotatable bonds is 12. The van der Waals surface area contributed by atoms with Crippen molar-refractivity contribution in [2.24, 2.45) is 5.10 Å². The number of nitro benzene ring substituents is 2. The number of halogens is 1. The summed E-state index contributed by atoms with van der Waals surface area (Å²) in [6, 6.07) is 23.3. The van der Waals surface area contributed by atoms with Gasteiger partial charge in [-0.15, -0.1) is 0 Å². The second-order valence-electron chi connectivity index (χ2n) is 10.0. The van der Waals surface area contributed by atoms with Gasteiger partial charge < -0.3 is 18.5 Å². The Bertz CT molecular complexity index is 1930. The van der Waals surface area contributed by atoms with Crippen molar-refractivity contribution >= 4 is 39.4 Å². The average molecular weight is 688 g/mol. The summed E-state index contributed by atoms with van der Waals surface area (Å²) in [5.41, 5.74) is 5.69. The maximum absolute atomic E-state index is 12.7. The summed E-state index contributed by atoms with van der Waals surface area (Å²) in [4.78, 5) is 34.4. The molecule has 13 nitrogen and oxygen atoms in total. The zero-order chi connectivity index (χ0) is 32.8. The zero-order valence-electron chi connectivity index (χ0n) is 24.5. The molecule has 0 bridgehead atoms. The molecule has 0 saturated heterocycles. The van der Waals surface area contributed by atoms with Crippen molar-refractivity contribution in [3.05, 3.63) is 144 Å². The summed E-state index contributed by atoms with van der Waals surface area (Å²) in [6.07, 6.45) is 1.19. The molecule has 0 aliphatic rings. The number of hydrogen-bond donors (Lipinski definition) is 1. The van der Waals surface area contributed by atoms with Gasteiger partial charge >= 0.3 is 11.6 Å². The maximum atomic E-state index is 12.7. The van der Waals surface area contributed by atoms with Crippen LogP contribution in [0.5, 0.6) is 11.5 Å². The first-order chi connectivity index (χ1) is 22.1. The minimum atomic E-state index is -0.659. The SMILES string of the molecule is Cc1ccc(C)n1-c1ccc(OCc2ccc(C(=O)N/N=C/c3cc(Br)cc([N+](=O)[O-])c3OCc3cccc([N+](=O)[O-])c3)o2)cc1. The highest BCUT2D eigenvalue weighted by atomic mass is 79.9. The number of benzene rings is 3. The van der Waals surface area contributed by atoms with Crippen LogP contribution in [0.25, 0.3) is 5.69 Å². The molecule has 0 radical (unpaired) electrons. The number of aryl methyl sites for hydroxylation is 2. The van der Waals surface area contributed by atoms with Gasteiger partial charge in [0.05, 0.1) is 16.1 Å². The summed E-state index contributed by atoms with van der Waals surface area (Å²) in [5, 5.41) is 26.8. The summed E-state index contributed by atoms with van der Waals surface area (Å²) in [7, 11) is 0. The number of carbonyl (C=O) groups is 1. The second kappa shape index (κ2) is 13.9. The number of aromatic nitrogens is 1. The van der Waals surface area contributed by atoms with Crippen LogP contribution in [0.2, 0.25) is 0 Å². The third kappa shape index (κ3) is 7.47. The Kier molecular flexibility index (Phi) is 9.57. The van der Waals surface area contributed by atoms with Crippen molar-refractivity contribution in [1.82, 2.24) is 9.99 Å². The lowest BCUT2D eigenvalue weighted by molar-refractivity contribution is -0.386. The van der Waals surface area contributed by atoms with Gasteiger partial charge in [-0.05, 0) is 74.0 Å². The molecule has 0 aliphatic carbocycles. The quantitative estimate of drug-likeness (QED) is 0.0818. The monoisotopic (exact) mass is 687 g/mol. The van der Waals surface area contributed by atoms with E-state index in [-0.39, 0.29) is 41.7 Å². The van der Waals surface area contributed by atoms with E-state index in [9.17, 15) is 25.0 Å². The largest absolute Gasteiger partial charge is 0.486 e. The summed E-state index contributed by atoms with van der Waals surface area (Å²) in [6.45, 7) is 3.98. The van der Waals surface area contributed by atoms with E-state index >= 15 is 0 Å². The van der Waals surface area contributed by atoms with Crippen molar-refractivity contribution in [2.45, 2.75) is 27.1 Å². The number of nitrogens with zero attached hydrogens (tertiary/aromatic N) is 4. The van der Waals surface area contributed by atoms with Gasteiger partial charge in [0, 0.05) is 45.3 Å². The molecule has 0 atom stereocenters. The standard InChI is InChI=1S/C32H26BrN5O8/c1-20-6-7-21(2)36(20)25-8-10-27(11-9-25)44-19-28-12-13-30(46-28)32(39)35-34-17-23-15-24(33)16-29(38(42)43)31(23)45-18-22-4-3-5-26(14-22)37(40)41/h3-17H,18-19H2,1-2H3,(H,35,39)/b34-17+. The Morgan fingerprint density at radius 1 is 0.935 bits per heavy atom. The molecule has 3 aromatic carbocycles. The van der Waals surface area contributed by atoms with Crippen LogP contribution in [0.15, 0.2) is 98.9 Å². The summed E-state index contributed by atoms with van der Waals surface area (Å²) < 4.78 is 19.7. The normalized spacial score (nSPS) is 11.0. The van der Waals surface area contributed by atoms with E-state index < -0.39 is 15.8 Å². The fourth-order valence-electron chi connectivity index (χ4n) is 4.62. The van der Waals surface area contributed by atoms with Crippen LogP contribution in [-0.2, 0) is 13.2 Å². The molecular formula is C32H26BrN5O8. The molecule has 2 aromatic heterocycles. The van der Waals surface area contributed by atoms with Crippen molar-refractivity contribution < 1.29 is 28.5 Å². The number of nitro groups is 2. The smallest absolute Gasteiger partial charge is 0.312 e. The van der Waals surface area contributed by atoms with Crippen LogP contribution in [0.1, 0.15) is 38.8 Å². The number of non-ortho nitro benzene ring substituents is 1. The molecule has 0 unspecified atom stereocenters. The number of ether oxygens (including phenoxy) is 2. The van der Waals surface area contributed by atoms with Crippen molar-refractivity contribution in [2.75, 3.05) is 0 Å². The third-order valence-corrected chi connectivity index (χ3v) is 7.22. The lowest BCUT2D eigenvalue weighted by atomic mass is 10.1. The first-order valence-electron chi connectivity index (χ1n) is 13.7. The Labute approximate surface area is 270 Å². The van der Waals surface area contributed by atoms with E-state index in [1.165, 1.54) is 42.6 Å². The number of carbonyl (C=O) groups excluding carboxylic acids is 1. The van der Waals surface area contributed by atoms with Crippen LogP contribution in [-0.4, -0.2) is 26.5 Å². The number of amides is 1. The minimum Gasteiger partial charge on any atom is -0.486 e. The van der Waals surface area contributed by atoms with Crippen LogP contribution in [0, 0.1) is 34.1 Å². The molecule has 46 heavy (non-hydrogen) atoms. The van der Waals surface area contributed by atoms with Gasteiger partial charge in [0.25, 0.3) is 5.69 Å². The average Bonchev–Trinajstić information content (AvgIpc) is 3.65. The van der Waals surface area contributed by atoms with E-state index in [0.29, 0.717) is 21.5 Å². The molecule has 0 fully saturated rings. The Morgan fingerprint density at radius 2 is 1.67 bits per heavy atom. The summed E-state index contributed by atoms with van der Waals surface area (Å²) in [5.74, 6) is 0.223. The van der Waals surface area contributed by atoms with Gasteiger partial charge in [0.15, 0.2) is 5.76 Å². The van der Waals surface area contributed by atoms with Crippen LogP contribution in [0.3, 0.4) is 0 Å². The predicted molar refractivity (Wildman–Crippen MR) is 172 cm³/mol. The fraction of sp³-hybridized carbons (Fsp3) is 0.125. The van der Waals surface area contributed by atoms with Crippen molar-refractivity contribution in [3.63, 3.8) is 0 Å². The minimum absolute atomic E-state index is 0.0213. The molecule has 0 aliphatic heterocycles. The molecule has 234 valence electrons. The van der Waals surface area contributed by atoms with Gasteiger partial charge in [-0.1, -0.05) is 28.1 Å². The lowest BCUT2D eigenvalue weighted by Gasteiger charge is -2.11. The molecule has 1 N–H and O–H groups in total. The first-order valence-corrected chi connectivity index (χ1v) is 14.5. The first kappa shape index (κ1) is 31.7. The van der Waals surface area contributed by atoms with E-state index in [0.717, 1.165) is 17.1 Å². The van der Waals surface area contributed by atoms with Crippen LogP contribution in [0.4, 0.5) is 11.4 Å². The summed E-state index contributed by atoms with van der Waals surface area (Å²) >= 11 is 3.23. The van der Waals surface area contributed by atoms with Gasteiger partial charge in [0.2, 0.25) is 5.75 Å². The molecule has 1 amide bonds. The number of furan rings is 1. The molecule has 14 heteroatoms. The topological polar surface area (TPSA) is 164 Å². The third-order valence-electron chi connectivity index (χ3n) is 6.77. The van der Waals surface area contributed by atoms with Crippen LogP contribution < -0.4 is 14.9 Å². The fourth-order valence-corrected chi connectivity index (χ4v) is 5.08. The lowest BCUT2D eigenvalue weighted by Crippen LogP contribution is -2.17. The van der Waals surface area contributed by atoms with Gasteiger partial charge in [-0.3, -0.25) is 25.0 Å². The maximum Gasteiger partial charge on any atom is 0.312 e. The van der Waals surface area contributed by atoms with Gasteiger partial charge in [-0.25, -0.2) is 5.43 Å². The second-order valence-corrected chi connectivity index (χ2v) is 10.9. The van der Waals surface area contributed by atoms with E-state index in [2.05, 4.69) is 43.2 Å². The molecule has 5 rings (SSSR count). The Hall–Kier alpha value is -5.76. The Morgan fingerprint density at radius 3 is 2.37 bits per heavy atom. The number of hydrazone groups is 1. The highest BCUT2D eigenvalue weighted by Gasteiger charge is 2.21. The zero-order valence-corrected chi connectivity index (χ0v) is 26.1. The number of nitrogens with one attached hydrogen (secondary N) is 1. The highest BCUT2D eigenvalue weighted by Crippen LogP contribution is 2.34. The van der Waals surface area contributed by atoms with E-state index in [4.69, 9.17) is 13.9 Å². The van der Waals surface area contributed by atoms with Gasteiger partial charge in [-0.2, -0.15) is 5.10 Å². The number of hydrogen-bond acceptors (Lipinski definition) is 9. The van der Waals surface area contributed by atoms with Gasteiger partial charge in [0.1, 0.15) is 24.7 Å². The molecule has 2 heterocycles. The molecule has 0 saturated carbocycles. The molecular weight excluding hydrogens is 662 g/mol. The highest BCUT2D eigenvalue weighted by molar-refractivity contribution is 9.10. The Balaban J connectivity index is 1.22. The van der Waals surface area contributed by atoms with Crippen LogP contribution >= 0.6 is 15.9 Å². The predicted octanol–water partition coefficient (Wildman–Crippen LogP) is 7.19. The van der Waals surface area contributed by atoms with E-state index in [1.54, 1.807) is 12.1 Å².